The summed E-state index contributed by atoms with van der Waals surface area (Å²) < 4.78 is 1.81. The SMILES string of the molecule is CC(=O)c1cn(CC(=O)N2CCC[C@H]2C(=O)NCCCc2ccccc2)c2ccc(Nc3cccnc3)cc12. The van der Waals surface area contributed by atoms with E-state index in [0.29, 0.717) is 25.1 Å². The highest BCUT2D eigenvalue weighted by atomic mass is 16.2. The van der Waals surface area contributed by atoms with E-state index in [4.69, 9.17) is 0 Å². The Morgan fingerprint density at radius 2 is 1.87 bits per heavy atom. The van der Waals surface area contributed by atoms with E-state index in [2.05, 4.69) is 27.8 Å². The van der Waals surface area contributed by atoms with Crippen molar-refractivity contribution in [3.63, 3.8) is 0 Å². The van der Waals surface area contributed by atoms with Gasteiger partial charge in [0.25, 0.3) is 0 Å². The zero-order valence-corrected chi connectivity index (χ0v) is 22.1. The number of anilines is 2. The Morgan fingerprint density at radius 1 is 1.03 bits per heavy atom. The van der Waals surface area contributed by atoms with Crippen LogP contribution in [0, 0.1) is 0 Å². The molecular weight excluding hydrogens is 490 g/mol. The third kappa shape index (κ3) is 6.17. The predicted octanol–water partition coefficient (Wildman–Crippen LogP) is 4.72. The summed E-state index contributed by atoms with van der Waals surface area (Å²) in [5.74, 6) is -0.290. The number of ketones is 1. The molecule has 1 aliphatic heterocycles. The van der Waals surface area contributed by atoms with Crippen LogP contribution in [0.2, 0.25) is 0 Å². The molecule has 2 N–H and O–H groups in total. The number of hydrogen-bond acceptors (Lipinski definition) is 5. The number of fused-ring (bicyclic) bond motifs is 1. The van der Waals surface area contributed by atoms with E-state index in [-0.39, 0.29) is 24.1 Å². The van der Waals surface area contributed by atoms with Crippen molar-refractivity contribution in [1.29, 1.82) is 0 Å². The highest BCUT2D eigenvalue weighted by Crippen LogP contribution is 2.28. The minimum absolute atomic E-state index is 0.0664. The fraction of sp³-hybridized carbons (Fsp3) is 0.290. The summed E-state index contributed by atoms with van der Waals surface area (Å²) in [5.41, 5.74) is 4.27. The number of Topliss-reactive ketones (excluding diaryl/α,β-unsaturated/α-hetero) is 1. The number of hydrogen-bond donors (Lipinski definition) is 2. The number of aryl methyl sites for hydroxylation is 1. The Balaban J connectivity index is 1.25. The molecule has 0 saturated carbocycles. The van der Waals surface area contributed by atoms with E-state index in [0.717, 1.165) is 41.5 Å². The number of amides is 2. The quantitative estimate of drug-likeness (QED) is 0.232. The summed E-state index contributed by atoms with van der Waals surface area (Å²) in [4.78, 5) is 44.6. The molecule has 200 valence electrons. The number of aromatic nitrogens is 2. The van der Waals surface area contributed by atoms with Crippen molar-refractivity contribution >= 4 is 39.9 Å². The second-order valence-corrected chi connectivity index (χ2v) is 9.95. The van der Waals surface area contributed by atoms with Crippen molar-refractivity contribution in [1.82, 2.24) is 19.8 Å². The van der Waals surface area contributed by atoms with Gasteiger partial charge in [0.05, 0.1) is 11.9 Å². The maximum atomic E-state index is 13.4. The molecule has 5 rings (SSSR count). The van der Waals surface area contributed by atoms with Gasteiger partial charge in [0.2, 0.25) is 11.8 Å². The Hall–Kier alpha value is -4.46. The average molecular weight is 524 g/mol. The fourth-order valence-electron chi connectivity index (χ4n) is 5.23. The standard InChI is InChI=1S/C31H33N5O3/c1-22(37)27-20-35(28-14-13-24(18-26(27)28)34-25-11-6-15-32-19-25)21-30(38)36-17-7-12-29(36)31(39)33-16-5-10-23-8-3-2-4-9-23/h2-4,6,8-9,11,13-15,18-20,29,34H,5,7,10,12,16-17,21H2,1H3,(H,33,39)/t29-/m0/s1. The Morgan fingerprint density at radius 3 is 2.64 bits per heavy atom. The lowest BCUT2D eigenvalue weighted by Crippen LogP contribution is -2.47. The number of carbonyl (C=O) groups excluding carboxylic acids is 3. The Bertz CT molecular complexity index is 1470. The van der Waals surface area contributed by atoms with Gasteiger partial charge in [-0.3, -0.25) is 19.4 Å². The summed E-state index contributed by atoms with van der Waals surface area (Å²) in [5, 5.41) is 7.10. The third-order valence-corrected chi connectivity index (χ3v) is 7.18. The molecule has 0 unspecified atom stereocenters. The Kier molecular flexibility index (Phi) is 8.01. The summed E-state index contributed by atoms with van der Waals surface area (Å²) in [6.45, 7) is 2.72. The fourth-order valence-corrected chi connectivity index (χ4v) is 5.23. The van der Waals surface area contributed by atoms with E-state index in [1.807, 2.05) is 53.1 Å². The topological polar surface area (TPSA) is 96.3 Å². The molecule has 0 radical (unpaired) electrons. The van der Waals surface area contributed by atoms with Crippen LogP contribution in [0.25, 0.3) is 10.9 Å². The van der Waals surface area contributed by atoms with Crippen LogP contribution in [0.4, 0.5) is 11.4 Å². The second kappa shape index (κ2) is 11.9. The molecule has 1 fully saturated rings. The molecule has 1 atom stereocenters. The van der Waals surface area contributed by atoms with Crippen molar-refractivity contribution in [2.75, 3.05) is 18.4 Å². The number of nitrogens with one attached hydrogen (secondary N) is 2. The second-order valence-electron chi connectivity index (χ2n) is 9.95. The van der Waals surface area contributed by atoms with Crippen LogP contribution < -0.4 is 10.6 Å². The number of nitrogens with zero attached hydrogens (tertiary/aromatic N) is 3. The number of pyridine rings is 1. The van der Waals surface area contributed by atoms with Crippen molar-refractivity contribution < 1.29 is 14.4 Å². The first-order valence-electron chi connectivity index (χ1n) is 13.4. The minimum Gasteiger partial charge on any atom is -0.354 e. The van der Waals surface area contributed by atoms with Crippen LogP contribution in [0.15, 0.2) is 79.3 Å². The van der Waals surface area contributed by atoms with E-state index < -0.39 is 6.04 Å². The van der Waals surface area contributed by atoms with Gasteiger partial charge in [-0.05, 0) is 68.5 Å². The molecule has 39 heavy (non-hydrogen) atoms. The molecule has 1 saturated heterocycles. The molecule has 2 aromatic heterocycles. The maximum Gasteiger partial charge on any atom is 0.243 e. The first kappa shape index (κ1) is 26.2. The normalized spacial score (nSPS) is 14.9. The van der Waals surface area contributed by atoms with Crippen LogP contribution >= 0.6 is 0 Å². The molecule has 2 amide bonds. The number of likely N-dealkylation sites (tertiary alicyclic amines) is 1. The smallest absolute Gasteiger partial charge is 0.243 e. The lowest BCUT2D eigenvalue weighted by Gasteiger charge is -2.24. The highest BCUT2D eigenvalue weighted by Gasteiger charge is 2.34. The number of rotatable bonds is 10. The van der Waals surface area contributed by atoms with Gasteiger partial charge in [0.15, 0.2) is 5.78 Å². The van der Waals surface area contributed by atoms with Crippen molar-refractivity contribution in [3.05, 3.63) is 90.4 Å². The van der Waals surface area contributed by atoms with Crippen LogP contribution in [0.3, 0.4) is 0 Å². The van der Waals surface area contributed by atoms with Gasteiger partial charge in [-0.15, -0.1) is 0 Å². The van der Waals surface area contributed by atoms with Crippen LogP contribution in [0.1, 0.15) is 42.1 Å². The molecule has 2 aromatic carbocycles. The van der Waals surface area contributed by atoms with Gasteiger partial charge in [-0.2, -0.15) is 0 Å². The lowest BCUT2D eigenvalue weighted by molar-refractivity contribution is -0.138. The molecular formula is C31H33N5O3. The molecule has 0 aliphatic carbocycles. The van der Waals surface area contributed by atoms with Crippen molar-refractivity contribution in [2.45, 2.75) is 45.2 Å². The van der Waals surface area contributed by atoms with Gasteiger partial charge in [-0.1, -0.05) is 30.3 Å². The molecule has 1 aliphatic rings. The molecule has 0 bridgehead atoms. The zero-order valence-electron chi connectivity index (χ0n) is 22.1. The van der Waals surface area contributed by atoms with Crippen LogP contribution in [-0.4, -0.2) is 51.2 Å². The van der Waals surface area contributed by atoms with E-state index in [9.17, 15) is 14.4 Å². The van der Waals surface area contributed by atoms with Gasteiger partial charge < -0.3 is 20.1 Å². The van der Waals surface area contributed by atoms with E-state index >= 15 is 0 Å². The minimum atomic E-state index is -0.460. The van der Waals surface area contributed by atoms with Gasteiger partial charge in [0.1, 0.15) is 12.6 Å². The first-order chi connectivity index (χ1) is 19.0. The number of carbonyl (C=O) groups is 3. The van der Waals surface area contributed by atoms with Crippen molar-refractivity contribution in [2.24, 2.45) is 0 Å². The number of benzene rings is 2. The largest absolute Gasteiger partial charge is 0.354 e. The third-order valence-electron chi connectivity index (χ3n) is 7.18. The highest BCUT2D eigenvalue weighted by molar-refractivity contribution is 6.08. The molecule has 8 heteroatoms. The zero-order chi connectivity index (χ0) is 27.2. The van der Waals surface area contributed by atoms with Crippen molar-refractivity contribution in [3.8, 4) is 0 Å². The summed E-state index contributed by atoms with van der Waals surface area (Å²) in [6.07, 6.45) is 8.37. The predicted molar refractivity (Wildman–Crippen MR) is 152 cm³/mol. The average Bonchev–Trinajstić information content (AvgIpc) is 3.58. The lowest BCUT2D eigenvalue weighted by atomic mass is 10.1. The Labute approximate surface area is 228 Å². The van der Waals surface area contributed by atoms with E-state index in [1.54, 1.807) is 23.5 Å². The van der Waals surface area contributed by atoms with Crippen LogP contribution in [0.5, 0.6) is 0 Å². The summed E-state index contributed by atoms with van der Waals surface area (Å²) in [6, 6.07) is 19.2. The van der Waals surface area contributed by atoms with Gasteiger partial charge in [0, 0.05) is 47.6 Å². The monoisotopic (exact) mass is 523 g/mol. The first-order valence-corrected chi connectivity index (χ1v) is 13.4. The molecule has 4 aromatic rings. The molecule has 8 nitrogen and oxygen atoms in total. The van der Waals surface area contributed by atoms with Crippen LogP contribution in [-0.2, 0) is 22.6 Å². The molecule has 0 spiro atoms. The summed E-state index contributed by atoms with van der Waals surface area (Å²) >= 11 is 0. The molecule has 3 heterocycles. The van der Waals surface area contributed by atoms with Gasteiger partial charge in [-0.25, -0.2) is 0 Å². The summed E-state index contributed by atoms with van der Waals surface area (Å²) in [7, 11) is 0. The van der Waals surface area contributed by atoms with Gasteiger partial charge >= 0.3 is 0 Å². The maximum absolute atomic E-state index is 13.4. The van der Waals surface area contributed by atoms with E-state index in [1.165, 1.54) is 12.5 Å².